The summed E-state index contributed by atoms with van der Waals surface area (Å²) < 4.78 is 0. The van der Waals surface area contributed by atoms with Gasteiger partial charge in [-0.25, -0.2) is 0 Å². The van der Waals surface area contributed by atoms with Gasteiger partial charge in [-0.3, -0.25) is 0 Å². The van der Waals surface area contributed by atoms with E-state index in [1.807, 2.05) is 85.0 Å². The number of anilines is 1. The van der Waals surface area contributed by atoms with Gasteiger partial charge in [0.2, 0.25) is 0 Å². The molecule has 0 radical (unpaired) electrons. The second-order valence-corrected chi connectivity index (χ2v) is 5.92. The fraction of sp³-hybridized carbons (Fsp3) is 0.0435. The van der Waals surface area contributed by atoms with E-state index >= 15 is 0 Å². The van der Waals surface area contributed by atoms with Gasteiger partial charge in [0.25, 0.3) is 0 Å². The van der Waals surface area contributed by atoms with Crippen LogP contribution in [0, 0.1) is 0 Å². The third-order valence-corrected chi connectivity index (χ3v) is 3.92. The van der Waals surface area contributed by atoms with Crippen molar-refractivity contribution >= 4 is 11.4 Å². The summed E-state index contributed by atoms with van der Waals surface area (Å²) in [5.74, 6) is 0.414. The van der Waals surface area contributed by atoms with Crippen LogP contribution in [0.3, 0.4) is 0 Å². The molecule has 0 atom stereocenters. The van der Waals surface area contributed by atoms with Crippen molar-refractivity contribution < 1.29 is 0 Å². The minimum Gasteiger partial charge on any atom is -0.382 e. The number of nitrogen functional groups attached to an aromatic ring is 1. The molecule has 0 unspecified atom stereocenters. The summed E-state index contributed by atoms with van der Waals surface area (Å²) in [6, 6.07) is 12.0. The molecule has 1 aliphatic carbocycles. The van der Waals surface area contributed by atoms with E-state index in [1.54, 1.807) is 0 Å². The fourth-order valence-electron chi connectivity index (χ4n) is 2.53. The summed E-state index contributed by atoms with van der Waals surface area (Å²) in [7, 11) is 0. The van der Waals surface area contributed by atoms with Gasteiger partial charge in [0.05, 0.1) is 5.69 Å². The van der Waals surface area contributed by atoms with Crippen molar-refractivity contribution in [3.8, 4) is 11.3 Å². The summed E-state index contributed by atoms with van der Waals surface area (Å²) >= 11 is 0. The largest absolute Gasteiger partial charge is 0.382 e. The number of nitrogens with zero attached hydrogens (tertiary/aromatic N) is 2. The van der Waals surface area contributed by atoms with Gasteiger partial charge in [0.1, 0.15) is 0 Å². The van der Waals surface area contributed by atoms with Gasteiger partial charge in [-0.15, -0.1) is 10.2 Å². The summed E-state index contributed by atoms with van der Waals surface area (Å²) in [5, 5.41) is 8.40. The summed E-state index contributed by atoms with van der Waals surface area (Å²) in [6.07, 6.45) is 20.2. The number of hydrogen-bond donors (Lipinski definition) is 1. The van der Waals surface area contributed by atoms with Gasteiger partial charge in [-0.2, -0.15) is 0 Å². The highest BCUT2D eigenvalue weighted by Crippen LogP contribution is 2.26. The molecule has 0 saturated heterocycles. The minimum absolute atomic E-state index is 0.414. The van der Waals surface area contributed by atoms with Crippen molar-refractivity contribution in [1.82, 2.24) is 10.2 Å². The van der Waals surface area contributed by atoms with Crippen molar-refractivity contribution in [2.24, 2.45) is 0 Å². The number of hydrogen-bond acceptors (Lipinski definition) is 3. The van der Waals surface area contributed by atoms with E-state index in [0.717, 1.165) is 22.4 Å². The van der Waals surface area contributed by atoms with Gasteiger partial charge < -0.3 is 5.73 Å². The third kappa shape index (κ3) is 4.54. The van der Waals surface area contributed by atoms with Crippen LogP contribution < -0.4 is 5.73 Å². The van der Waals surface area contributed by atoms with Crippen molar-refractivity contribution in [2.45, 2.75) is 6.92 Å². The van der Waals surface area contributed by atoms with E-state index in [2.05, 4.69) is 29.3 Å². The first-order valence-electron chi connectivity index (χ1n) is 8.50. The maximum absolute atomic E-state index is 6.12. The van der Waals surface area contributed by atoms with Crippen LogP contribution in [0.4, 0.5) is 5.82 Å². The highest BCUT2D eigenvalue weighted by atomic mass is 15.1. The molecule has 0 saturated carbocycles. The Morgan fingerprint density at radius 2 is 1.50 bits per heavy atom. The van der Waals surface area contributed by atoms with Gasteiger partial charge in [0.15, 0.2) is 5.82 Å². The molecular weight excluding hydrogens is 318 g/mol. The Morgan fingerprint density at radius 3 is 2.31 bits per heavy atom. The van der Waals surface area contributed by atoms with E-state index in [4.69, 9.17) is 5.73 Å². The average molecular weight is 339 g/mol. The predicted molar refractivity (Wildman–Crippen MR) is 110 cm³/mol. The topological polar surface area (TPSA) is 51.8 Å². The zero-order valence-corrected chi connectivity index (χ0v) is 14.7. The lowest BCUT2D eigenvalue weighted by Crippen LogP contribution is -2.00. The highest BCUT2D eigenvalue weighted by molar-refractivity contribution is 5.82. The SMILES string of the molecule is CC1=C/C=C\C=C/C=C(c2cc(-c3ccccc3)nnc2N)\C=C/C=C\1. The second kappa shape index (κ2) is 8.58. The Balaban J connectivity index is 2.03. The van der Waals surface area contributed by atoms with Crippen molar-refractivity contribution in [3.05, 3.63) is 108 Å². The molecule has 2 N–H and O–H groups in total. The van der Waals surface area contributed by atoms with Gasteiger partial charge >= 0.3 is 0 Å². The Morgan fingerprint density at radius 1 is 0.769 bits per heavy atom. The molecule has 3 rings (SSSR count). The zero-order valence-electron chi connectivity index (χ0n) is 14.7. The summed E-state index contributed by atoms with van der Waals surface area (Å²) in [4.78, 5) is 0. The average Bonchev–Trinajstić information content (AvgIpc) is 2.66. The molecule has 0 amide bonds. The van der Waals surface area contributed by atoms with Crippen LogP contribution in [0.25, 0.3) is 16.8 Å². The van der Waals surface area contributed by atoms with Gasteiger partial charge in [0, 0.05) is 11.1 Å². The molecule has 0 fully saturated rings. The molecule has 26 heavy (non-hydrogen) atoms. The molecule has 1 aromatic carbocycles. The van der Waals surface area contributed by atoms with Crippen LogP contribution in [0.15, 0.2) is 103 Å². The summed E-state index contributed by atoms with van der Waals surface area (Å²) in [6.45, 7) is 2.07. The lowest BCUT2D eigenvalue weighted by Gasteiger charge is -2.08. The van der Waals surface area contributed by atoms with Gasteiger partial charge in [-0.05, 0) is 18.6 Å². The fourth-order valence-corrected chi connectivity index (χ4v) is 2.53. The Hall–Kier alpha value is -3.46. The Labute approximate surface area is 154 Å². The Bertz CT molecular complexity index is 943. The predicted octanol–water partition coefficient (Wildman–Crippen LogP) is 5.29. The lowest BCUT2D eigenvalue weighted by molar-refractivity contribution is 1.04. The van der Waals surface area contributed by atoms with E-state index in [9.17, 15) is 0 Å². The van der Waals surface area contributed by atoms with Crippen molar-refractivity contribution in [3.63, 3.8) is 0 Å². The molecule has 3 heteroatoms. The first-order valence-corrected chi connectivity index (χ1v) is 8.50. The van der Waals surface area contributed by atoms with Crippen LogP contribution in [-0.4, -0.2) is 10.2 Å². The second-order valence-electron chi connectivity index (χ2n) is 5.92. The van der Waals surface area contributed by atoms with E-state index in [-0.39, 0.29) is 0 Å². The highest BCUT2D eigenvalue weighted by Gasteiger charge is 2.08. The molecule has 1 aliphatic rings. The van der Waals surface area contributed by atoms with E-state index < -0.39 is 0 Å². The maximum Gasteiger partial charge on any atom is 0.154 e. The molecular formula is C23H21N3. The van der Waals surface area contributed by atoms with Crippen molar-refractivity contribution in [1.29, 1.82) is 0 Å². The molecule has 1 aromatic heterocycles. The summed E-state index contributed by atoms with van der Waals surface area (Å²) in [5.41, 5.74) is 11.0. The van der Waals surface area contributed by atoms with Crippen LogP contribution in [-0.2, 0) is 0 Å². The molecule has 0 aliphatic heterocycles. The number of nitrogens with two attached hydrogens (primary N) is 1. The number of rotatable bonds is 2. The number of benzene rings is 1. The lowest BCUT2D eigenvalue weighted by atomic mass is 10.0. The number of allylic oxidation sites excluding steroid dienone is 12. The molecule has 1 heterocycles. The minimum atomic E-state index is 0.414. The molecule has 0 bridgehead atoms. The van der Waals surface area contributed by atoms with Crippen LogP contribution in [0.5, 0.6) is 0 Å². The van der Waals surface area contributed by atoms with E-state index in [1.165, 1.54) is 5.57 Å². The first-order chi connectivity index (χ1) is 12.7. The van der Waals surface area contributed by atoms with Crippen LogP contribution in [0.2, 0.25) is 0 Å². The van der Waals surface area contributed by atoms with Gasteiger partial charge in [-0.1, -0.05) is 96.7 Å². The standard InChI is InChI=1S/C23H21N3/c1-18-11-5-2-3-6-13-19(14-10-9-12-18)21-17-22(25-26-23(21)24)20-15-7-4-8-16-20/h2-17H,1H3,(H2,24,26)/b3-2?,5-2-,6-3-,10-9?,11-5?,12-9-,13-6?,14-10-,18-11-,18-12?,19-13+,19-14?. The first kappa shape index (κ1) is 17.4. The normalized spacial score (nSPS) is 23.3. The third-order valence-electron chi connectivity index (χ3n) is 3.92. The Kier molecular flexibility index (Phi) is 5.73. The smallest absolute Gasteiger partial charge is 0.154 e. The quantitative estimate of drug-likeness (QED) is 0.808. The number of aromatic nitrogens is 2. The maximum atomic E-state index is 6.12. The van der Waals surface area contributed by atoms with Crippen LogP contribution >= 0.6 is 0 Å². The van der Waals surface area contributed by atoms with Crippen molar-refractivity contribution in [2.75, 3.05) is 5.73 Å². The molecule has 0 spiro atoms. The van der Waals surface area contributed by atoms with E-state index in [0.29, 0.717) is 5.82 Å². The molecule has 128 valence electrons. The monoisotopic (exact) mass is 339 g/mol. The van der Waals surface area contributed by atoms with Crippen LogP contribution in [0.1, 0.15) is 12.5 Å². The molecule has 3 nitrogen and oxygen atoms in total. The zero-order chi connectivity index (χ0) is 18.2. The molecule has 2 aromatic rings.